The van der Waals surface area contributed by atoms with E-state index in [2.05, 4.69) is 16.9 Å². The number of nitrogens with zero attached hydrogens (tertiary/aromatic N) is 2. The first-order chi connectivity index (χ1) is 11.6. The molecule has 0 aromatic carbocycles. The number of hydrogen-bond donors (Lipinski definition) is 1. The Kier molecular flexibility index (Phi) is 9.45. The van der Waals surface area contributed by atoms with Gasteiger partial charge in [0, 0.05) is 24.8 Å². The average molecular weight is 330 g/mol. The number of ether oxygens (including phenoxy) is 1. The molecule has 0 amide bonds. The summed E-state index contributed by atoms with van der Waals surface area (Å²) in [5.74, 6) is -1.22. The van der Waals surface area contributed by atoms with Gasteiger partial charge in [-0.1, -0.05) is 26.2 Å². The molecule has 0 fully saturated rings. The minimum absolute atomic E-state index is 0.220. The van der Waals surface area contributed by atoms with Crippen LogP contribution in [-0.2, 0) is 4.74 Å². The molecule has 6 heteroatoms. The van der Waals surface area contributed by atoms with Gasteiger partial charge in [-0.25, -0.2) is 9.59 Å². The van der Waals surface area contributed by atoms with Crippen LogP contribution in [0.25, 0.3) is 0 Å². The Morgan fingerprint density at radius 2 is 1.62 bits per heavy atom. The summed E-state index contributed by atoms with van der Waals surface area (Å²) in [6.45, 7) is 2.66. The van der Waals surface area contributed by atoms with Gasteiger partial charge >= 0.3 is 11.9 Å². The van der Waals surface area contributed by atoms with E-state index < -0.39 is 5.97 Å². The van der Waals surface area contributed by atoms with Crippen molar-refractivity contribution < 1.29 is 19.4 Å². The van der Waals surface area contributed by atoms with Crippen LogP contribution in [0.1, 0.15) is 53.3 Å². The largest absolute Gasteiger partial charge is 0.478 e. The number of hydrogen-bond acceptors (Lipinski definition) is 5. The van der Waals surface area contributed by atoms with Crippen LogP contribution in [0.4, 0.5) is 0 Å². The van der Waals surface area contributed by atoms with E-state index in [9.17, 15) is 9.59 Å². The van der Waals surface area contributed by atoms with Crippen molar-refractivity contribution in [3.63, 3.8) is 0 Å². The van der Waals surface area contributed by atoms with E-state index in [1.165, 1.54) is 37.5 Å². The normalized spacial score (nSPS) is 9.54. The highest BCUT2D eigenvalue weighted by Gasteiger charge is 2.05. The number of rotatable bonds is 7. The number of unbranched alkanes of at least 4 members (excludes halogenated alkanes) is 3. The van der Waals surface area contributed by atoms with Gasteiger partial charge in [-0.05, 0) is 30.7 Å². The summed E-state index contributed by atoms with van der Waals surface area (Å²) < 4.78 is 5.10. The van der Waals surface area contributed by atoms with Gasteiger partial charge in [0.1, 0.15) is 0 Å². The molecule has 6 nitrogen and oxygen atoms in total. The Morgan fingerprint density at radius 1 is 1.00 bits per heavy atom. The smallest absolute Gasteiger partial charge is 0.339 e. The first-order valence-electron chi connectivity index (χ1n) is 7.85. The number of carbonyl (C=O) groups excluding carboxylic acids is 1. The fraction of sp³-hybridized carbons (Fsp3) is 0.333. The summed E-state index contributed by atoms with van der Waals surface area (Å²) in [5, 5.41) is 8.34. The maximum Gasteiger partial charge on any atom is 0.339 e. The van der Waals surface area contributed by atoms with Gasteiger partial charge in [0.15, 0.2) is 0 Å². The predicted molar refractivity (Wildman–Crippen MR) is 89.9 cm³/mol. The van der Waals surface area contributed by atoms with Gasteiger partial charge in [0.25, 0.3) is 0 Å². The molecule has 2 aromatic heterocycles. The number of pyridine rings is 2. The number of esters is 1. The van der Waals surface area contributed by atoms with E-state index in [0.29, 0.717) is 12.2 Å². The minimum atomic E-state index is -0.942. The van der Waals surface area contributed by atoms with Crippen molar-refractivity contribution in [1.82, 2.24) is 9.97 Å². The zero-order valence-corrected chi connectivity index (χ0v) is 13.7. The predicted octanol–water partition coefficient (Wildman–Crippen LogP) is 3.60. The first-order valence-corrected chi connectivity index (χ1v) is 7.85. The van der Waals surface area contributed by atoms with E-state index in [-0.39, 0.29) is 11.5 Å². The minimum Gasteiger partial charge on any atom is -0.478 e. The molecular weight excluding hydrogens is 308 g/mol. The van der Waals surface area contributed by atoms with Crippen molar-refractivity contribution in [3.8, 4) is 0 Å². The lowest BCUT2D eigenvalue weighted by Gasteiger charge is -2.03. The fourth-order valence-corrected chi connectivity index (χ4v) is 1.75. The van der Waals surface area contributed by atoms with Gasteiger partial charge < -0.3 is 9.84 Å². The maximum atomic E-state index is 11.4. The van der Waals surface area contributed by atoms with Gasteiger partial charge in [-0.15, -0.1) is 0 Å². The summed E-state index contributed by atoms with van der Waals surface area (Å²) in [4.78, 5) is 29.1. The molecule has 2 aromatic rings. The Hall–Kier alpha value is -2.76. The molecule has 0 saturated heterocycles. The molecule has 0 bridgehead atoms. The van der Waals surface area contributed by atoms with Crippen LogP contribution in [0, 0.1) is 0 Å². The monoisotopic (exact) mass is 330 g/mol. The lowest BCUT2D eigenvalue weighted by molar-refractivity contribution is 0.0497. The van der Waals surface area contributed by atoms with Crippen LogP contribution in [0.5, 0.6) is 0 Å². The number of carbonyl (C=O) groups is 2. The van der Waals surface area contributed by atoms with Gasteiger partial charge in [0.2, 0.25) is 0 Å². The van der Waals surface area contributed by atoms with Crippen LogP contribution in [0.15, 0.2) is 49.1 Å². The molecule has 2 rings (SSSR count). The molecule has 0 atom stereocenters. The van der Waals surface area contributed by atoms with Crippen LogP contribution in [0.2, 0.25) is 0 Å². The summed E-state index contributed by atoms with van der Waals surface area (Å²) in [6, 6.07) is 6.52. The van der Waals surface area contributed by atoms with E-state index in [0.717, 1.165) is 12.8 Å². The summed E-state index contributed by atoms with van der Waals surface area (Å²) in [6.07, 6.45) is 10.5. The third kappa shape index (κ3) is 8.03. The molecule has 2 heterocycles. The highest BCUT2D eigenvalue weighted by molar-refractivity contribution is 5.88. The van der Waals surface area contributed by atoms with Crippen LogP contribution < -0.4 is 0 Å². The molecule has 1 N–H and O–H groups in total. The molecule has 0 aliphatic heterocycles. The molecule has 0 spiro atoms. The molecule has 0 aliphatic carbocycles. The van der Waals surface area contributed by atoms with Crippen LogP contribution in [-0.4, -0.2) is 33.6 Å². The zero-order chi connectivity index (χ0) is 17.6. The van der Waals surface area contributed by atoms with Gasteiger partial charge in [-0.2, -0.15) is 0 Å². The van der Waals surface area contributed by atoms with Crippen molar-refractivity contribution in [1.29, 1.82) is 0 Å². The second-order valence-corrected chi connectivity index (χ2v) is 4.99. The van der Waals surface area contributed by atoms with E-state index in [4.69, 9.17) is 9.84 Å². The third-order valence-electron chi connectivity index (χ3n) is 3.04. The molecule has 0 unspecified atom stereocenters. The van der Waals surface area contributed by atoms with Crippen molar-refractivity contribution in [2.24, 2.45) is 0 Å². The average Bonchev–Trinajstić information content (AvgIpc) is 2.63. The van der Waals surface area contributed by atoms with E-state index >= 15 is 0 Å². The van der Waals surface area contributed by atoms with Gasteiger partial charge in [0.05, 0.1) is 17.7 Å². The lowest BCUT2D eigenvalue weighted by atomic mass is 10.2. The maximum absolute atomic E-state index is 11.4. The van der Waals surface area contributed by atoms with Crippen LogP contribution in [0.3, 0.4) is 0 Å². The van der Waals surface area contributed by atoms with Crippen LogP contribution >= 0.6 is 0 Å². The standard InChI is InChI=1S/C12H17NO2.C6H5NO2/c1-2-3-4-5-9-15-12(14)11-7-6-8-13-10-11;8-6(9)5-2-1-3-7-4-5/h6-8,10H,2-5,9H2,1H3;1-4H,(H,8,9). The number of carboxylic acid groups (broad SMARTS) is 1. The molecular formula is C18H22N2O4. The second kappa shape index (κ2) is 11.8. The molecule has 0 aliphatic rings. The molecule has 0 saturated carbocycles. The van der Waals surface area contributed by atoms with E-state index in [1.807, 2.05) is 0 Å². The Balaban J connectivity index is 0.000000272. The van der Waals surface area contributed by atoms with Crippen molar-refractivity contribution in [2.45, 2.75) is 32.6 Å². The van der Waals surface area contributed by atoms with Crippen molar-refractivity contribution in [3.05, 3.63) is 60.2 Å². The fourth-order valence-electron chi connectivity index (χ4n) is 1.75. The molecule has 128 valence electrons. The highest BCUT2D eigenvalue weighted by atomic mass is 16.5. The number of aromatic nitrogens is 2. The Labute approximate surface area is 141 Å². The topological polar surface area (TPSA) is 89.4 Å². The SMILES string of the molecule is CCCCCCOC(=O)c1cccnc1.O=C(O)c1cccnc1. The highest BCUT2D eigenvalue weighted by Crippen LogP contribution is 2.02. The summed E-state index contributed by atoms with van der Waals surface area (Å²) >= 11 is 0. The van der Waals surface area contributed by atoms with Crippen molar-refractivity contribution >= 4 is 11.9 Å². The van der Waals surface area contributed by atoms with Gasteiger partial charge in [-0.3, -0.25) is 9.97 Å². The quantitative estimate of drug-likeness (QED) is 0.616. The molecule has 0 radical (unpaired) electrons. The lowest BCUT2D eigenvalue weighted by Crippen LogP contribution is -2.06. The second-order valence-electron chi connectivity index (χ2n) is 4.99. The Bertz CT molecular complexity index is 603. The van der Waals surface area contributed by atoms with E-state index in [1.54, 1.807) is 24.4 Å². The Morgan fingerprint density at radius 3 is 2.08 bits per heavy atom. The van der Waals surface area contributed by atoms with Crippen molar-refractivity contribution in [2.75, 3.05) is 6.61 Å². The zero-order valence-electron chi connectivity index (χ0n) is 13.7. The number of carboxylic acids is 1. The number of aromatic carboxylic acids is 1. The first kappa shape index (κ1) is 19.3. The summed E-state index contributed by atoms with van der Waals surface area (Å²) in [5.41, 5.74) is 0.741. The third-order valence-corrected chi connectivity index (χ3v) is 3.04. The molecule has 24 heavy (non-hydrogen) atoms. The summed E-state index contributed by atoms with van der Waals surface area (Å²) in [7, 11) is 0.